The van der Waals surface area contributed by atoms with E-state index in [2.05, 4.69) is 40.3 Å². The number of fused-ring (bicyclic) bond motifs is 2. The first kappa shape index (κ1) is 19.8. The highest BCUT2D eigenvalue weighted by Crippen LogP contribution is 2.33. The van der Waals surface area contributed by atoms with E-state index in [4.69, 9.17) is 0 Å². The van der Waals surface area contributed by atoms with Crippen LogP contribution < -0.4 is 15.0 Å². The van der Waals surface area contributed by atoms with Gasteiger partial charge in [-0.2, -0.15) is 13.9 Å². The van der Waals surface area contributed by atoms with Crippen LogP contribution >= 0.6 is 0 Å². The highest BCUT2D eigenvalue weighted by atomic mass is 19.3. The Morgan fingerprint density at radius 2 is 1.84 bits per heavy atom. The Bertz CT molecular complexity index is 1020. The van der Waals surface area contributed by atoms with Gasteiger partial charge in [-0.05, 0) is 49.9 Å². The lowest BCUT2D eigenvalue weighted by Crippen LogP contribution is -2.47. The molecule has 2 bridgehead atoms. The molecule has 0 aromatic carbocycles. The number of anilines is 1. The van der Waals surface area contributed by atoms with Crippen molar-refractivity contribution in [1.82, 2.24) is 30.7 Å². The van der Waals surface area contributed by atoms with Crippen molar-refractivity contribution in [2.24, 2.45) is 0 Å². The Labute approximate surface area is 178 Å². The first-order chi connectivity index (χ1) is 15.1. The van der Waals surface area contributed by atoms with Gasteiger partial charge in [-0.3, -0.25) is 5.10 Å². The molecule has 2 aliphatic rings. The van der Waals surface area contributed by atoms with Crippen molar-refractivity contribution in [3.05, 3.63) is 36.7 Å². The lowest BCUT2D eigenvalue weighted by atomic mass is 9.98. The van der Waals surface area contributed by atoms with Crippen LogP contribution in [0.1, 0.15) is 25.7 Å². The minimum Gasteiger partial charge on any atom is -0.416 e. The zero-order valence-electron chi connectivity index (χ0n) is 17.0. The van der Waals surface area contributed by atoms with Crippen molar-refractivity contribution in [3.63, 3.8) is 0 Å². The van der Waals surface area contributed by atoms with Crippen LogP contribution in [0.15, 0.2) is 36.7 Å². The van der Waals surface area contributed by atoms with E-state index in [0.29, 0.717) is 40.6 Å². The fraction of sp³-hybridized carbons (Fsp3) is 0.429. The topological polar surface area (TPSA) is 91.9 Å². The molecule has 2 unspecified atom stereocenters. The maximum atomic E-state index is 12.9. The molecule has 0 radical (unpaired) electrons. The summed E-state index contributed by atoms with van der Waals surface area (Å²) in [7, 11) is 2.05. The number of piperidine rings is 1. The number of hydrogen-bond acceptors (Lipinski definition) is 7. The summed E-state index contributed by atoms with van der Waals surface area (Å²) in [5.74, 6) is 0.608. The van der Waals surface area contributed by atoms with Crippen molar-refractivity contribution in [2.75, 3.05) is 11.9 Å². The molecule has 2 saturated heterocycles. The van der Waals surface area contributed by atoms with Crippen LogP contribution in [0, 0.1) is 0 Å². The quantitative estimate of drug-likeness (QED) is 0.624. The molecule has 0 aliphatic carbocycles. The standard InChI is InChI=1S/C21H23F2N7O/c1-30(15-8-13-2-3-14(9-15)26-13)19-7-6-18(28-29-19)17-5-4-16(12-10-24-25-11-12)20(27-17)31-21(22)23/h4-7,10-11,13-15,21,26H,2-3,8-9H2,1H3,(H,24,25). The summed E-state index contributed by atoms with van der Waals surface area (Å²) < 4.78 is 30.5. The van der Waals surface area contributed by atoms with Gasteiger partial charge in [0.25, 0.3) is 0 Å². The maximum Gasteiger partial charge on any atom is 0.388 e. The summed E-state index contributed by atoms with van der Waals surface area (Å²) in [4.78, 5) is 6.45. The fourth-order valence-electron chi connectivity index (χ4n) is 4.56. The van der Waals surface area contributed by atoms with Gasteiger partial charge in [0.2, 0.25) is 5.88 Å². The molecule has 8 nitrogen and oxygen atoms in total. The Kier molecular flexibility index (Phi) is 5.23. The molecule has 5 heterocycles. The van der Waals surface area contributed by atoms with Gasteiger partial charge in [0.15, 0.2) is 5.82 Å². The van der Waals surface area contributed by atoms with Crippen LogP contribution in [0.2, 0.25) is 0 Å². The molecule has 0 amide bonds. The van der Waals surface area contributed by atoms with Crippen LogP contribution in [0.3, 0.4) is 0 Å². The molecule has 162 valence electrons. The number of ether oxygens (including phenoxy) is 1. The summed E-state index contributed by atoms with van der Waals surface area (Å²) in [6.07, 6.45) is 7.79. The molecule has 2 aliphatic heterocycles. The Morgan fingerprint density at radius 1 is 1.06 bits per heavy atom. The predicted molar refractivity (Wildman–Crippen MR) is 111 cm³/mol. The Hall–Kier alpha value is -3.14. The number of aromatic nitrogens is 5. The zero-order valence-corrected chi connectivity index (χ0v) is 17.0. The zero-order chi connectivity index (χ0) is 21.4. The van der Waals surface area contributed by atoms with Gasteiger partial charge in [-0.1, -0.05) is 0 Å². The number of rotatable bonds is 6. The van der Waals surface area contributed by atoms with E-state index < -0.39 is 6.61 Å². The molecule has 10 heteroatoms. The molecule has 3 aromatic heterocycles. The van der Waals surface area contributed by atoms with E-state index in [1.54, 1.807) is 24.4 Å². The van der Waals surface area contributed by atoms with Crippen LogP contribution in [-0.4, -0.2) is 57.2 Å². The minimum absolute atomic E-state index is 0.179. The molecule has 2 N–H and O–H groups in total. The molecule has 2 atom stereocenters. The Morgan fingerprint density at radius 3 is 2.48 bits per heavy atom. The van der Waals surface area contributed by atoms with Crippen LogP contribution in [-0.2, 0) is 0 Å². The number of H-pyrrole nitrogens is 1. The highest BCUT2D eigenvalue weighted by Gasteiger charge is 2.35. The minimum atomic E-state index is -2.99. The van der Waals surface area contributed by atoms with Crippen molar-refractivity contribution < 1.29 is 13.5 Å². The second-order valence-corrected chi connectivity index (χ2v) is 8.07. The van der Waals surface area contributed by atoms with Gasteiger partial charge in [0.1, 0.15) is 5.69 Å². The summed E-state index contributed by atoms with van der Waals surface area (Å²) in [5.41, 5.74) is 1.92. The second-order valence-electron chi connectivity index (χ2n) is 8.07. The highest BCUT2D eigenvalue weighted by molar-refractivity contribution is 5.70. The number of nitrogens with one attached hydrogen (secondary N) is 2. The van der Waals surface area contributed by atoms with E-state index in [1.807, 2.05) is 13.1 Å². The lowest BCUT2D eigenvalue weighted by molar-refractivity contribution is -0.0523. The molecule has 5 rings (SSSR count). The van der Waals surface area contributed by atoms with Gasteiger partial charge in [-0.15, -0.1) is 10.2 Å². The lowest BCUT2D eigenvalue weighted by Gasteiger charge is -2.36. The molecular weight excluding hydrogens is 404 g/mol. The first-order valence-corrected chi connectivity index (χ1v) is 10.3. The normalized spacial score (nSPS) is 22.6. The van der Waals surface area contributed by atoms with Gasteiger partial charge in [-0.25, -0.2) is 4.98 Å². The fourth-order valence-corrected chi connectivity index (χ4v) is 4.56. The average Bonchev–Trinajstić information content (AvgIpc) is 3.42. The number of hydrogen-bond donors (Lipinski definition) is 2. The molecule has 2 fully saturated rings. The van der Waals surface area contributed by atoms with Crippen LogP contribution in [0.4, 0.5) is 14.6 Å². The van der Waals surface area contributed by atoms with Crippen molar-refractivity contribution >= 4 is 5.82 Å². The van der Waals surface area contributed by atoms with Gasteiger partial charge < -0.3 is 15.0 Å². The van der Waals surface area contributed by atoms with Crippen molar-refractivity contribution in [3.8, 4) is 28.4 Å². The molecule has 31 heavy (non-hydrogen) atoms. The van der Waals surface area contributed by atoms with E-state index in [0.717, 1.165) is 18.7 Å². The third-order valence-electron chi connectivity index (χ3n) is 6.14. The van der Waals surface area contributed by atoms with E-state index in [9.17, 15) is 8.78 Å². The molecule has 0 spiro atoms. The smallest absolute Gasteiger partial charge is 0.388 e. The summed E-state index contributed by atoms with van der Waals surface area (Å²) in [5, 5.41) is 18.8. The second kappa shape index (κ2) is 8.18. The third kappa shape index (κ3) is 4.07. The maximum absolute atomic E-state index is 12.9. The van der Waals surface area contributed by atoms with E-state index >= 15 is 0 Å². The number of nitrogens with zero attached hydrogens (tertiary/aromatic N) is 5. The third-order valence-corrected chi connectivity index (χ3v) is 6.14. The SMILES string of the molecule is CN(c1ccc(-c2ccc(-c3cn[nH]c3)c(OC(F)F)n2)nn1)C1CC2CCC(C1)N2. The van der Waals surface area contributed by atoms with Crippen LogP contribution in [0.25, 0.3) is 22.5 Å². The van der Waals surface area contributed by atoms with Crippen molar-refractivity contribution in [2.45, 2.75) is 50.4 Å². The predicted octanol–water partition coefficient (Wildman–Crippen LogP) is 3.25. The summed E-state index contributed by atoms with van der Waals surface area (Å²) in [6, 6.07) is 8.67. The monoisotopic (exact) mass is 427 g/mol. The molecule has 0 saturated carbocycles. The van der Waals surface area contributed by atoms with E-state index in [-0.39, 0.29) is 5.88 Å². The largest absolute Gasteiger partial charge is 0.416 e. The van der Waals surface area contributed by atoms with Crippen molar-refractivity contribution in [1.29, 1.82) is 0 Å². The van der Waals surface area contributed by atoms with E-state index in [1.165, 1.54) is 19.0 Å². The average molecular weight is 427 g/mol. The van der Waals surface area contributed by atoms with Gasteiger partial charge in [0.05, 0.1) is 11.9 Å². The van der Waals surface area contributed by atoms with Crippen LogP contribution in [0.5, 0.6) is 5.88 Å². The summed E-state index contributed by atoms with van der Waals surface area (Å²) in [6.45, 7) is -2.99. The molecule has 3 aromatic rings. The first-order valence-electron chi connectivity index (χ1n) is 10.3. The number of alkyl halides is 2. The summed E-state index contributed by atoms with van der Waals surface area (Å²) >= 11 is 0. The van der Waals surface area contributed by atoms with Gasteiger partial charge in [0, 0.05) is 42.5 Å². The number of halogens is 2. The number of aromatic amines is 1. The number of pyridine rings is 1. The van der Waals surface area contributed by atoms with Gasteiger partial charge >= 0.3 is 6.61 Å². The Balaban J connectivity index is 1.38. The molecular formula is C21H23F2N7O.